The van der Waals surface area contributed by atoms with Crippen molar-refractivity contribution >= 4 is 16.8 Å². The van der Waals surface area contributed by atoms with Gasteiger partial charge in [0.25, 0.3) is 5.56 Å². The SMILES string of the molecule is CO[C@H](c1ccc(-n2[nH]c3ccccc3c2=O)cc1)[C@H](C)/C=C/CC(=O)N(CCO)Cc1ccccc1. The molecule has 3 aromatic carbocycles. The second kappa shape index (κ2) is 12.3. The van der Waals surface area contributed by atoms with E-state index in [4.69, 9.17) is 4.74 Å². The Morgan fingerprint density at radius 2 is 1.76 bits per heavy atom. The van der Waals surface area contributed by atoms with Crippen LogP contribution in [-0.4, -0.2) is 46.0 Å². The van der Waals surface area contributed by atoms with E-state index in [0.717, 1.165) is 22.3 Å². The monoisotopic (exact) mass is 499 g/mol. The molecule has 37 heavy (non-hydrogen) atoms. The number of hydrogen-bond acceptors (Lipinski definition) is 4. The van der Waals surface area contributed by atoms with Gasteiger partial charge in [0.15, 0.2) is 0 Å². The van der Waals surface area contributed by atoms with E-state index in [2.05, 4.69) is 5.10 Å². The summed E-state index contributed by atoms with van der Waals surface area (Å²) in [7, 11) is 1.67. The van der Waals surface area contributed by atoms with Crippen LogP contribution in [-0.2, 0) is 16.1 Å². The summed E-state index contributed by atoms with van der Waals surface area (Å²) >= 11 is 0. The molecule has 0 saturated carbocycles. The van der Waals surface area contributed by atoms with Crippen LogP contribution in [0.1, 0.15) is 30.6 Å². The molecule has 0 aliphatic rings. The molecule has 0 aliphatic heterocycles. The minimum atomic E-state index is -0.210. The number of aromatic nitrogens is 2. The number of aliphatic hydroxyl groups excluding tert-OH is 1. The second-order valence-electron chi connectivity index (χ2n) is 9.06. The molecule has 4 aromatic rings. The fourth-order valence-electron chi connectivity index (χ4n) is 4.54. The summed E-state index contributed by atoms with van der Waals surface area (Å²) in [6.07, 6.45) is 3.89. The molecule has 2 N–H and O–H groups in total. The summed E-state index contributed by atoms with van der Waals surface area (Å²) in [5.41, 5.74) is 3.45. The molecule has 0 bridgehead atoms. The molecule has 1 heterocycles. The van der Waals surface area contributed by atoms with Gasteiger partial charge in [0.1, 0.15) is 0 Å². The number of H-pyrrole nitrogens is 1. The van der Waals surface area contributed by atoms with Gasteiger partial charge in [-0.2, -0.15) is 0 Å². The van der Waals surface area contributed by atoms with E-state index in [1.807, 2.05) is 97.9 Å². The number of amides is 1. The van der Waals surface area contributed by atoms with Crippen LogP contribution < -0.4 is 5.56 Å². The van der Waals surface area contributed by atoms with Crippen LogP contribution in [0, 0.1) is 5.92 Å². The lowest BCUT2D eigenvalue weighted by atomic mass is 9.96. The van der Waals surface area contributed by atoms with Crippen molar-refractivity contribution in [1.82, 2.24) is 14.7 Å². The number of hydrogen-bond donors (Lipinski definition) is 2. The Morgan fingerprint density at radius 3 is 2.43 bits per heavy atom. The normalized spacial score (nSPS) is 13.2. The predicted octanol–water partition coefficient (Wildman–Crippen LogP) is 4.61. The van der Waals surface area contributed by atoms with Gasteiger partial charge in [0.05, 0.1) is 29.3 Å². The number of fused-ring (bicyclic) bond motifs is 1. The van der Waals surface area contributed by atoms with Crippen LogP contribution in [0.25, 0.3) is 16.6 Å². The van der Waals surface area contributed by atoms with Crippen molar-refractivity contribution in [2.75, 3.05) is 20.3 Å². The Balaban J connectivity index is 1.41. The molecule has 0 aliphatic carbocycles. The molecule has 4 rings (SSSR count). The van der Waals surface area contributed by atoms with Crippen LogP contribution in [0.5, 0.6) is 0 Å². The zero-order valence-corrected chi connectivity index (χ0v) is 21.2. The van der Waals surface area contributed by atoms with Crippen molar-refractivity contribution in [3.8, 4) is 5.69 Å². The molecule has 0 radical (unpaired) electrons. The first-order chi connectivity index (χ1) is 18.0. The van der Waals surface area contributed by atoms with Crippen molar-refractivity contribution in [3.63, 3.8) is 0 Å². The highest BCUT2D eigenvalue weighted by Gasteiger charge is 2.18. The Labute approximate surface area is 216 Å². The highest BCUT2D eigenvalue weighted by atomic mass is 16.5. The Bertz CT molecular complexity index is 1390. The fourth-order valence-corrected chi connectivity index (χ4v) is 4.54. The van der Waals surface area contributed by atoms with E-state index in [1.54, 1.807) is 16.7 Å². The number of benzene rings is 3. The molecule has 2 atom stereocenters. The maximum Gasteiger partial charge on any atom is 0.279 e. The van der Waals surface area contributed by atoms with Crippen molar-refractivity contribution < 1.29 is 14.6 Å². The Morgan fingerprint density at radius 1 is 1.05 bits per heavy atom. The van der Waals surface area contributed by atoms with E-state index < -0.39 is 0 Å². The Hall–Kier alpha value is -3.94. The van der Waals surface area contributed by atoms with Gasteiger partial charge >= 0.3 is 0 Å². The van der Waals surface area contributed by atoms with Crippen molar-refractivity contribution in [3.05, 3.63) is 112 Å². The molecule has 0 fully saturated rings. The number of nitrogens with zero attached hydrogens (tertiary/aromatic N) is 2. The summed E-state index contributed by atoms with van der Waals surface area (Å²) in [4.78, 5) is 27.2. The minimum Gasteiger partial charge on any atom is -0.395 e. The number of aromatic amines is 1. The summed E-state index contributed by atoms with van der Waals surface area (Å²) in [6.45, 7) is 2.73. The number of carbonyl (C=O) groups excluding carboxylic acids is 1. The first-order valence-corrected chi connectivity index (χ1v) is 12.4. The standard InChI is InChI=1S/C30H33N3O4/c1-22(9-8-14-28(35)32(19-20-34)21-23-10-4-3-5-11-23)29(37-2)24-15-17-25(18-16-24)33-30(36)26-12-6-7-13-27(26)31-33/h3-13,15-18,22,29,31,34H,14,19-21H2,1-2H3/b9-8+/t22-,29+/m1/s1. The summed E-state index contributed by atoms with van der Waals surface area (Å²) in [5, 5.41) is 13.2. The van der Waals surface area contributed by atoms with Gasteiger partial charge in [-0.3, -0.25) is 14.7 Å². The first-order valence-electron chi connectivity index (χ1n) is 12.4. The number of methoxy groups -OCH3 is 1. The number of rotatable bonds is 11. The predicted molar refractivity (Wildman–Crippen MR) is 146 cm³/mol. The van der Waals surface area contributed by atoms with Gasteiger partial charge in [-0.05, 0) is 35.4 Å². The van der Waals surface area contributed by atoms with Crippen molar-refractivity contribution in [2.45, 2.75) is 26.0 Å². The van der Waals surface area contributed by atoms with Crippen LogP contribution in [0.3, 0.4) is 0 Å². The quantitative estimate of drug-likeness (QED) is 0.295. The molecular weight excluding hydrogens is 466 g/mol. The zero-order chi connectivity index (χ0) is 26.2. The van der Waals surface area contributed by atoms with E-state index >= 15 is 0 Å². The zero-order valence-electron chi connectivity index (χ0n) is 21.2. The second-order valence-corrected chi connectivity index (χ2v) is 9.06. The van der Waals surface area contributed by atoms with Gasteiger partial charge in [0.2, 0.25) is 5.91 Å². The minimum absolute atomic E-state index is 0.0138. The van der Waals surface area contributed by atoms with Crippen molar-refractivity contribution in [2.24, 2.45) is 5.92 Å². The lowest BCUT2D eigenvalue weighted by Gasteiger charge is -2.22. The topological polar surface area (TPSA) is 87.6 Å². The van der Waals surface area contributed by atoms with Crippen LogP contribution in [0.15, 0.2) is 95.8 Å². The number of para-hydroxylation sites is 1. The van der Waals surface area contributed by atoms with E-state index in [9.17, 15) is 14.7 Å². The summed E-state index contributed by atoms with van der Waals surface area (Å²) in [6, 6.07) is 24.9. The maximum absolute atomic E-state index is 12.8. The fraction of sp³-hybridized carbons (Fsp3) is 0.267. The maximum atomic E-state index is 12.8. The average Bonchev–Trinajstić information content (AvgIpc) is 3.26. The van der Waals surface area contributed by atoms with Crippen LogP contribution in [0.4, 0.5) is 0 Å². The lowest BCUT2D eigenvalue weighted by molar-refractivity contribution is -0.131. The number of carbonyl (C=O) groups is 1. The van der Waals surface area contributed by atoms with Gasteiger partial charge in [0, 0.05) is 32.5 Å². The van der Waals surface area contributed by atoms with Crippen LogP contribution >= 0.6 is 0 Å². The van der Waals surface area contributed by atoms with E-state index in [1.165, 1.54) is 0 Å². The molecule has 1 amide bonds. The molecule has 7 nitrogen and oxygen atoms in total. The first kappa shape index (κ1) is 26.1. The van der Waals surface area contributed by atoms with E-state index in [-0.39, 0.29) is 36.5 Å². The molecule has 0 unspecified atom stereocenters. The third-order valence-corrected chi connectivity index (χ3v) is 6.48. The lowest BCUT2D eigenvalue weighted by Crippen LogP contribution is -2.32. The average molecular weight is 500 g/mol. The molecule has 0 spiro atoms. The third kappa shape index (κ3) is 6.25. The molecule has 0 saturated heterocycles. The molecule has 7 heteroatoms. The molecular formula is C30H33N3O4. The number of aliphatic hydroxyl groups is 1. The summed E-state index contributed by atoms with van der Waals surface area (Å²) < 4.78 is 7.32. The Kier molecular flexibility index (Phi) is 8.72. The number of nitrogens with one attached hydrogen (secondary N) is 1. The van der Waals surface area contributed by atoms with Gasteiger partial charge in [-0.25, -0.2) is 4.68 Å². The van der Waals surface area contributed by atoms with Crippen molar-refractivity contribution in [1.29, 1.82) is 0 Å². The number of ether oxygens (including phenoxy) is 1. The van der Waals surface area contributed by atoms with Gasteiger partial charge in [-0.15, -0.1) is 0 Å². The van der Waals surface area contributed by atoms with E-state index in [0.29, 0.717) is 18.5 Å². The van der Waals surface area contributed by atoms with Crippen LogP contribution in [0.2, 0.25) is 0 Å². The molecule has 1 aromatic heterocycles. The van der Waals surface area contributed by atoms with Gasteiger partial charge in [-0.1, -0.05) is 73.7 Å². The third-order valence-electron chi connectivity index (χ3n) is 6.48. The molecule has 192 valence electrons. The highest BCUT2D eigenvalue weighted by molar-refractivity contribution is 5.78. The van der Waals surface area contributed by atoms with Gasteiger partial charge < -0.3 is 14.7 Å². The summed E-state index contributed by atoms with van der Waals surface area (Å²) in [5.74, 6) is -0.0247. The highest BCUT2D eigenvalue weighted by Crippen LogP contribution is 2.27. The largest absolute Gasteiger partial charge is 0.395 e. The smallest absolute Gasteiger partial charge is 0.279 e.